The van der Waals surface area contributed by atoms with Crippen LogP contribution in [-0.2, 0) is 11.3 Å². The second-order valence-electron chi connectivity index (χ2n) is 5.45. The normalized spacial score (nSPS) is 11.2. The molecule has 12 heteroatoms. The Labute approximate surface area is 160 Å². The predicted octanol–water partition coefficient (Wildman–Crippen LogP) is -0.211. The second-order valence-corrected chi connectivity index (χ2v) is 5.45. The molecule has 0 saturated carbocycles. The number of nitrogens with zero attached hydrogens (tertiary/aromatic N) is 4. The third kappa shape index (κ3) is 6.59. The van der Waals surface area contributed by atoms with Crippen LogP contribution in [0.4, 0.5) is 10.5 Å². The Morgan fingerprint density at radius 1 is 1.29 bits per heavy atom. The molecule has 8 N–H and O–H groups in total. The second kappa shape index (κ2) is 9.47. The van der Waals surface area contributed by atoms with Crippen LogP contribution in [0.25, 0.3) is 5.69 Å². The number of aromatic nitrogens is 3. The maximum absolute atomic E-state index is 11.0. The van der Waals surface area contributed by atoms with Gasteiger partial charge in [0.05, 0.1) is 18.4 Å². The molecule has 2 aromatic rings. The molecule has 0 fully saturated rings. The summed E-state index contributed by atoms with van der Waals surface area (Å²) in [6.07, 6.45) is 4.64. The van der Waals surface area contributed by atoms with Gasteiger partial charge in [-0.05, 0) is 30.3 Å². The lowest BCUT2D eigenvalue weighted by atomic mass is 10.3. The number of carbonyl (C=O) groups is 2. The third-order valence-electron chi connectivity index (χ3n) is 3.15. The highest BCUT2D eigenvalue weighted by Gasteiger charge is 2.03. The average molecular weight is 384 g/mol. The monoisotopic (exact) mass is 384 g/mol. The number of urea groups is 1. The van der Waals surface area contributed by atoms with Gasteiger partial charge in [0, 0.05) is 18.8 Å². The van der Waals surface area contributed by atoms with E-state index in [1.54, 1.807) is 23.0 Å². The fraction of sp³-hybridized carbons (Fsp3) is 0.125. The van der Waals surface area contributed by atoms with E-state index in [4.69, 9.17) is 16.9 Å². The highest BCUT2D eigenvalue weighted by molar-refractivity contribution is 6.07. The van der Waals surface area contributed by atoms with Gasteiger partial charge in [-0.2, -0.15) is 4.99 Å². The van der Waals surface area contributed by atoms with Crippen molar-refractivity contribution in [3.63, 3.8) is 0 Å². The van der Waals surface area contributed by atoms with Gasteiger partial charge >= 0.3 is 6.03 Å². The van der Waals surface area contributed by atoms with E-state index < -0.39 is 11.9 Å². The zero-order valence-corrected chi connectivity index (χ0v) is 15.0. The molecule has 0 atom stereocenters. The number of primary amides is 1. The van der Waals surface area contributed by atoms with E-state index >= 15 is 0 Å². The summed E-state index contributed by atoms with van der Waals surface area (Å²) in [4.78, 5) is 25.6. The zero-order valence-electron chi connectivity index (χ0n) is 15.0. The standard InChI is InChI=1S/C16H20N10O2/c1-10(27)22-14(23-16(19)28)6-7-20-11-2-4-13(5-3-11)26-9-12(24-25-26)8-21-15(17)18/h2-7,9,20H,8H2,1H3,(H4,17,18,21)(H3,19,22,23,27,28)/b7-6-. The molecule has 0 aliphatic heterocycles. The van der Waals surface area contributed by atoms with Gasteiger partial charge in [0.15, 0.2) is 5.96 Å². The maximum Gasteiger partial charge on any atom is 0.317 e. The van der Waals surface area contributed by atoms with E-state index in [1.807, 2.05) is 12.1 Å². The van der Waals surface area contributed by atoms with Crippen molar-refractivity contribution in [2.24, 2.45) is 16.5 Å². The van der Waals surface area contributed by atoms with Crippen molar-refractivity contribution in [1.82, 2.24) is 25.6 Å². The zero-order chi connectivity index (χ0) is 20.5. The topological polar surface area (TPSA) is 189 Å². The van der Waals surface area contributed by atoms with E-state index in [0.717, 1.165) is 11.4 Å². The van der Waals surface area contributed by atoms with Gasteiger partial charge in [0.25, 0.3) is 0 Å². The lowest BCUT2D eigenvalue weighted by Crippen LogP contribution is -2.34. The number of nitrogens with one attached hydrogen (secondary N) is 4. The number of anilines is 1. The Balaban J connectivity index is 1.99. The summed E-state index contributed by atoms with van der Waals surface area (Å²) in [6.45, 7) is 1.57. The summed E-state index contributed by atoms with van der Waals surface area (Å²) in [5.41, 5.74) is 12.4. The lowest BCUT2D eigenvalue weighted by Gasteiger charge is -2.04. The first-order valence-corrected chi connectivity index (χ1v) is 8.02. The van der Waals surface area contributed by atoms with Crippen LogP contribution in [0.2, 0.25) is 0 Å². The summed E-state index contributed by atoms with van der Waals surface area (Å²) in [7, 11) is 0. The molecular weight excluding hydrogens is 364 g/mol. The van der Waals surface area contributed by atoms with Crippen LogP contribution < -0.4 is 27.4 Å². The molecule has 0 aliphatic rings. The van der Waals surface area contributed by atoms with Crippen LogP contribution in [0, 0.1) is 5.41 Å². The largest absolute Gasteiger partial charge is 0.370 e. The van der Waals surface area contributed by atoms with Crippen LogP contribution in [0.15, 0.2) is 47.7 Å². The minimum atomic E-state index is -0.820. The van der Waals surface area contributed by atoms with E-state index in [-0.39, 0.29) is 11.8 Å². The van der Waals surface area contributed by atoms with Crippen LogP contribution >= 0.6 is 0 Å². The van der Waals surface area contributed by atoms with Gasteiger partial charge in [-0.15, -0.1) is 5.10 Å². The molecule has 0 saturated heterocycles. The van der Waals surface area contributed by atoms with Crippen molar-refractivity contribution in [1.29, 1.82) is 5.41 Å². The fourth-order valence-electron chi connectivity index (χ4n) is 2.02. The minimum absolute atomic E-state index is 0.0263. The van der Waals surface area contributed by atoms with E-state index in [9.17, 15) is 9.59 Å². The first-order valence-electron chi connectivity index (χ1n) is 8.02. The molecule has 146 valence electrons. The number of amides is 3. The van der Waals surface area contributed by atoms with Crippen molar-refractivity contribution >= 4 is 29.4 Å². The molecular formula is C16H20N10O2. The van der Waals surface area contributed by atoms with Crippen molar-refractivity contribution in [3.8, 4) is 5.69 Å². The maximum atomic E-state index is 11.0. The number of aliphatic imine (C=N–C) groups is 1. The van der Waals surface area contributed by atoms with E-state index in [1.165, 1.54) is 19.2 Å². The summed E-state index contributed by atoms with van der Waals surface area (Å²) in [5.74, 6) is -0.581. The van der Waals surface area contributed by atoms with Crippen molar-refractivity contribution in [2.45, 2.75) is 13.5 Å². The van der Waals surface area contributed by atoms with Crippen LogP contribution in [0.3, 0.4) is 0 Å². The Hall–Kier alpha value is -4.22. The van der Waals surface area contributed by atoms with E-state index in [0.29, 0.717) is 12.2 Å². The molecule has 12 nitrogen and oxygen atoms in total. The lowest BCUT2D eigenvalue weighted by molar-refractivity contribution is -0.115. The van der Waals surface area contributed by atoms with Crippen molar-refractivity contribution in [3.05, 3.63) is 48.4 Å². The summed E-state index contributed by atoms with van der Waals surface area (Å²) >= 11 is 0. The van der Waals surface area contributed by atoms with Gasteiger partial charge in [-0.25, -0.2) is 9.48 Å². The third-order valence-corrected chi connectivity index (χ3v) is 3.15. The molecule has 1 aromatic heterocycles. The van der Waals surface area contributed by atoms with Crippen LogP contribution in [-0.4, -0.2) is 38.7 Å². The molecule has 2 rings (SSSR count). The summed E-state index contributed by atoms with van der Waals surface area (Å²) in [6, 6.07) is 6.43. The average Bonchev–Trinajstić information content (AvgIpc) is 3.08. The van der Waals surface area contributed by atoms with Crippen LogP contribution in [0.5, 0.6) is 0 Å². The Kier molecular flexibility index (Phi) is 6.80. The first-order chi connectivity index (χ1) is 13.3. The number of amidine groups is 1. The SMILES string of the molecule is CC(=O)/N=C(\C=C/Nc1ccc(-n2cc(CNC(=N)N)nn2)cc1)NC(N)=O. The Morgan fingerprint density at radius 3 is 2.61 bits per heavy atom. The molecule has 0 unspecified atom stereocenters. The van der Waals surface area contributed by atoms with Gasteiger partial charge in [-0.3, -0.25) is 15.5 Å². The van der Waals surface area contributed by atoms with Gasteiger partial charge < -0.3 is 22.1 Å². The molecule has 28 heavy (non-hydrogen) atoms. The number of rotatable bonds is 6. The highest BCUT2D eigenvalue weighted by atomic mass is 16.2. The van der Waals surface area contributed by atoms with Gasteiger partial charge in [-0.1, -0.05) is 5.21 Å². The number of benzene rings is 1. The van der Waals surface area contributed by atoms with Crippen molar-refractivity contribution < 1.29 is 9.59 Å². The predicted molar refractivity (Wildman–Crippen MR) is 104 cm³/mol. The molecule has 1 aromatic carbocycles. The number of hydrogen-bond acceptors (Lipinski definition) is 6. The molecule has 0 aliphatic carbocycles. The quantitative estimate of drug-likeness (QED) is 0.293. The number of nitrogens with two attached hydrogens (primary N) is 2. The molecule has 0 radical (unpaired) electrons. The Morgan fingerprint density at radius 2 is 2.00 bits per heavy atom. The smallest absolute Gasteiger partial charge is 0.317 e. The number of carbonyl (C=O) groups excluding carboxylic acids is 2. The summed E-state index contributed by atoms with van der Waals surface area (Å²) in [5, 5.41) is 23.0. The first kappa shape index (κ1) is 20.1. The number of hydrogen-bond donors (Lipinski definition) is 6. The highest BCUT2D eigenvalue weighted by Crippen LogP contribution is 2.13. The van der Waals surface area contributed by atoms with Crippen LogP contribution in [0.1, 0.15) is 12.6 Å². The van der Waals surface area contributed by atoms with E-state index in [2.05, 4.69) is 31.3 Å². The summed E-state index contributed by atoms with van der Waals surface area (Å²) < 4.78 is 1.59. The van der Waals surface area contributed by atoms with Gasteiger partial charge in [0.2, 0.25) is 5.91 Å². The fourth-order valence-corrected chi connectivity index (χ4v) is 2.02. The van der Waals surface area contributed by atoms with Gasteiger partial charge in [0.1, 0.15) is 11.5 Å². The molecule has 0 bridgehead atoms. The number of guanidine groups is 1. The van der Waals surface area contributed by atoms with Crippen molar-refractivity contribution in [2.75, 3.05) is 5.32 Å². The molecule has 3 amide bonds. The minimum Gasteiger partial charge on any atom is -0.370 e. The Bertz CT molecular complexity index is 914. The molecule has 1 heterocycles. The molecule has 0 spiro atoms.